The van der Waals surface area contributed by atoms with E-state index in [-0.39, 0.29) is 0 Å². The Labute approximate surface area is 166 Å². The highest BCUT2D eigenvalue weighted by molar-refractivity contribution is 7.94. The SMILES string of the molecule is Cn1cc(-c2nccn3nc(Nc4ccc5c(c4)NS(=O)(=O)C5(C)C)nc23)cn1. The van der Waals surface area contributed by atoms with E-state index in [0.29, 0.717) is 28.7 Å². The summed E-state index contributed by atoms with van der Waals surface area (Å²) in [6.07, 6.45) is 6.95. The zero-order valence-corrected chi connectivity index (χ0v) is 16.8. The summed E-state index contributed by atoms with van der Waals surface area (Å²) in [7, 11) is -1.62. The highest BCUT2D eigenvalue weighted by Crippen LogP contribution is 2.43. The van der Waals surface area contributed by atoms with Gasteiger partial charge in [-0.15, -0.1) is 5.10 Å². The van der Waals surface area contributed by atoms with Crippen molar-refractivity contribution in [3.05, 3.63) is 48.5 Å². The first-order valence-electron chi connectivity index (χ1n) is 8.89. The molecule has 0 saturated heterocycles. The number of hydrogen-bond donors (Lipinski definition) is 2. The van der Waals surface area contributed by atoms with Crippen molar-refractivity contribution in [2.24, 2.45) is 7.05 Å². The number of aromatic nitrogens is 6. The highest BCUT2D eigenvalue weighted by atomic mass is 32.2. The van der Waals surface area contributed by atoms with E-state index < -0.39 is 14.8 Å². The summed E-state index contributed by atoms with van der Waals surface area (Å²) in [6.45, 7) is 3.37. The molecule has 5 rings (SSSR count). The molecule has 0 atom stereocenters. The van der Waals surface area contributed by atoms with Crippen LogP contribution in [0.15, 0.2) is 43.0 Å². The van der Waals surface area contributed by atoms with E-state index in [2.05, 4.69) is 30.2 Å². The fraction of sp³-hybridized carbons (Fsp3) is 0.222. The van der Waals surface area contributed by atoms with Gasteiger partial charge in [-0.1, -0.05) is 6.07 Å². The van der Waals surface area contributed by atoms with Crippen LogP contribution in [-0.2, 0) is 21.8 Å². The van der Waals surface area contributed by atoms with E-state index in [1.54, 1.807) is 53.8 Å². The number of anilines is 3. The molecule has 0 spiro atoms. The maximum atomic E-state index is 12.3. The standard InChI is InChI=1S/C18H18N8O2S/c1-18(2)13-5-4-12(8-14(13)24-29(18,27)28)21-17-22-16-15(11-9-20-25(3)10-11)19-6-7-26(16)23-17/h4-10,24H,1-3H3,(H,21,23). The molecule has 29 heavy (non-hydrogen) atoms. The Balaban J connectivity index is 1.51. The van der Waals surface area contributed by atoms with Gasteiger partial charge in [0.2, 0.25) is 16.0 Å². The predicted molar refractivity (Wildman–Crippen MR) is 108 cm³/mol. The molecule has 0 fully saturated rings. The van der Waals surface area contributed by atoms with Crippen molar-refractivity contribution in [3.8, 4) is 11.3 Å². The molecule has 0 radical (unpaired) electrons. The molecule has 0 unspecified atom stereocenters. The monoisotopic (exact) mass is 410 g/mol. The molecule has 148 valence electrons. The zero-order chi connectivity index (χ0) is 20.4. The molecular weight excluding hydrogens is 392 g/mol. The van der Waals surface area contributed by atoms with Crippen LogP contribution in [0.25, 0.3) is 16.9 Å². The third kappa shape index (κ3) is 2.65. The number of fused-ring (bicyclic) bond motifs is 2. The van der Waals surface area contributed by atoms with Gasteiger partial charge in [-0.2, -0.15) is 10.1 Å². The lowest BCUT2D eigenvalue weighted by Gasteiger charge is -2.16. The van der Waals surface area contributed by atoms with Gasteiger partial charge in [0.15, 0.2) is 5.65 Å². The van der Waals surface area contributed by atoms with Crippen LogP contribution in [0.3, 0.4) is 0 Å². The maximum absolute atomic E-state index is 12.3. The van der Waals surface area contributed by atoms with Gasteiger partial charge in [0.25, 0.3) is 0 Å². The topological polar surface area (TPSA) is 119 Å². The van der Waals surface area contributed by atoms with E-state index in [0.717, 1.165) is 11.1 Å². The van der Waals surface area contributed by atoms with Crippen molar-refractivity contribution >= 4 is 33.0 Å². The average Bonchev–Trinajstić information content (AvgIpc) is 3.30. The molecule has 1 aliphatic heterocycles. The summed E-state index contributed by atoms with van der Waals surface area (Å²) in [4.78, 5) is 8.96. The molecular formula is C18H18N8O2S. The molecule has 3 aromatic heterocycles. The molecule has 2 N–H and O–H groups in total. The second kappa shape index (κ2) is 5.77. The third-order valence-corrected chi connectivity index (χ3v) is 7.13. The van der Waals surface area contributed by atoms with Gasteiger partial charge >= 0.3 is 0 Å². The maximum Gasteiger partial charge on any atom is 0.247 e. The number of aryl methyl sites for hydroxylation is 1. The van der Waals surface area contributed by atoms with Crippen LogP contribution < -0.4 is 10.0 Å². The Morgan fingerprint density at radius 1 is 1.24 bits per heavy atom. The van der Waals surface area contributed by atoms with E-state index in [1.807, 2.05) is 19.3 Å². The summed E-state index contributed by atoms with van der Waals surface area (Å²) in [5.74, 6) is 0.378. The van der Waals surface area contributed by atoms with Crippen LogP contribution in [0, 0.1) is 0 Å². The van der Waals surface area contributed by atoms with E-state index in [4.69, 9.17) is 0 Å². The predicted octanol–water partition coefficient (Wildman–Crippen LogP) is 2.26. The fourth-order valence-corrected chi connectivity index (χ4v) is 4.58. The molecule has 1 aromatic carbocycles. The average molecular weight is 410 g/mol. The van der Waals surface area contributed by atoms with Gasteiger partial charge in [0.1, 0.15) is 10.4 Å². The molecule has 0 saturated carbocycles. The molecule has 10 nitrogen and oxygen atoms in total. The molecule has 1 aliphatic rings. The number of nitrogens with one attached hydrogen (secondary N) is 2. The molecule has 0 bridgehead atoms. The Kier molecular flexibility index (Phi) is 3.50. The van der Waals surface area contributed by atoms with Crippen LogP contribution in [0.2, 0.25) is 0 Å². The Morgan fingerprint density at radius 3 is 2.83 bits per heavy atom. The first kappa shape index (κ1) is 17.6. The Morgan fingerprint density at radius 2 is 2.07 bits per heavy atom. The van der Waals surface area contributed by atoms with Crippen molar-refractivity contribution in [2.75, 3.05) is 10.0 Å². The normalized spacial score (nSPS) is 16.5. The third-order valence-electron chi connectivity index (χ3n) is 5.07. The number of sulfonamides is 1. The van der Waals surface area contributed by atoms with E-state index in [1.165, 1.54) is 0 Å². The lowest BCUT2D eigenvalue weighted by molar-refractivity contribution is 0.567. The number of nitrogens with zero attached hydrogens (tertiary/aromatic N) is 6. The van der Waals surface area contributed by atoms with Gasteiger partial charge in [-0.3, -0.25) is 14.4 Å². The fourth-order valence-electron chi connectivity index (χ4n) is 3.40. The number of rotatable bonds is 3. The smallest absolute Gasteiger partial charge is 0.247 e. The van der Waals surface area contributed by atoms with E-state index >= 15 is 0 Å². The molecule has 4 heterocycles. The van der Waals surface area contributed by atoms with Crippen molar-refractivity contribution in [3.63, 3.8) is 0 Å². The Bertz CT molecular complexity index is 1370. The lowest BCUT2D eigenvalue weighted by atomic mass is 10.0. The minimum Gasteiger partial charge on any atom is -0.323 e. The van der Waals surface area contributed by atoms with Gasteiger partial charge < -0.3 is 5.32 Å². The first-order chi connectivity index (χ1) is 13.7. The quantitative estimate of drug-likeness (QED) is 0.532. The Hall–Kier alpha value is -3.47. The molecule has 0 amide bonds. The summed E-state index contributed by atoms with van der Waals surface area (Å²) in [5.41, 5.74) is 4.06. The first-order valence-corrected chi connectivity index (χ1v) is 10.4. The highest BCUT2D eigenvalue weighted by Gasteiger charge is 2.44. The summed E-state index contributed by atoms with van der Waals surface area (Å²) < 4.78 is 29.6. The van der Waals surface area contributed by atoms with Gasteiger partial charge in [-0.05, 0) is 31.5 Å². The van der Waals surface area contributed by atoms with Gasteiger partial charge in [-0.25, -0.2) is 12.9 Å². The largest absolute Gasteiger partial charge is 0.323 e. The summed E-state index contributed by atoms with van der Waals surface area (Å²) in [6, 6.07) is 5.36. The second-order valence-corrected chi connectivity index (χ2v) is 9.61. The van der Waals surface area contributed by atoms with E-state index in [9.17, 15) is 8.42 Å². The van der Waals surface area contributed by atoms with Crippen LogP contribution in [-0.4, -0.2) is 37.8 Å². The molecule has 4 aromatic rings. The van der Waals surface area contributed by atoms with Crippen LogP contribution in [0.5, 0.6) is 0 Å². The summed E-state index contributed by atoms with van der Waals surface area (Å²) in [5, 5.41) is 11.8. The zero-order valence-electron chi connectivity index (χ0n) is 15.9. The van der Waals surface area contributed by atoms with Crippen LogP contribution in [0.4, 0.5) is 17.3 Å². The molecule has 11 heteroatoms. The van der Waals surface area contributed by atoms with Crippen molar-refractivity contribution < 1.29 is 8.42 Å². The van der Waals surface area contributed by atoms with Gasteiger partial charge in [0.05, 0.1) is 11.9 Å². The minimum atomic E-state index is -3.46. The van der Waals surface area contributed by atoms with Crippen molar-refractivity contribution in [1.82, 2.24) is 29.4 Å². The lowest BCUT2D eigenvalue weighted by Crippen LogP contribution is -2.26. The van der Waals surface area contributed by atoms with Crippen LogP contribution >= 0.6 is 0 Å². The molecule has 0 aliphatic carbocycles. The minimum absolute atomic E-state index is 0.378. The number of benzene rings is 1. The second-order valence-electron chi connectivity index (χ2n) is 7.38. The summed E-state index contributed by atoms with van der Waals surface area (Å²) >= 11 is 0. The van der Waals surface area contributed by atoms with Crippen LogP contribution in [0.1, 0.15) is 19.4 Å². The van der Waals surface area contributed by atoms with Gasteiger partial charge in [0, 0.05) is 36.9 Å². The number of hydrogen-bond acceptors (Lipinski definition) is 7. The van der Waals surface area contributed by atoms with Crippen molar-refractivity contribution in [1.29, 1.82) is 0 Å². The van der Waals surface area contributed by atoms with Crippen molar-refractivity contribution in [2.45, 2.75) is 18.6 Å².